The third-order valence-electron chi connectivity index (χ3n) is 5.38. The third kappa shape index (κ3) is 3.73. The summed E-state index contributed by atoms with van der Waals surface area (Å²) < 4.78 is 28.9. The Morgan fingerprint density at radius 3 is 2.97 bits per heavy atom. The van der Waals surface area contributed by atoms with E-state index in [1.165, 1.54) is 18.7 Å². The molecule has 5 rings (SSSR count). The molecular weight excluding hydrogens is 380 g/mol. The van der Waals surface area contributed by atoms with Crippen molar-refractivity contribution in [3.63, 3.8) is 0 Å². The van der Waals surface area contributed by atoms with Crippen molar-refractivity contribution in [1.82, 2.24) is 30.0 Å². The fourth-order valence-electron chi connectivity index (χ4n) is 3.73. The summed E-state index contributed by atoms with van der Waals surface area (Å²) in [5.41, 5.74) is 2.95. The number of pyridine rings is 2. The summed E-state index contributed by atoms with van der Waals surface area (Å²) in [6.07, 6.45) is 9.64. The first-order valence-electron chi connectivity index (χ1n) is 11.4. The van der Waals surface area contributed by atoms with E-state index in [0.717, 1.165) is 41.6 Å². The summed E-state index contributed by atoms with van der Waals surface area (Å²) in [5.74, 6) is 0.706. The van der Waals surface area contributed by atoms with E-state index in [-0.39, 0.29) is 18.1 Å². The van der Waals surface area contributed by atoms with Gasteiger partial charge in [0.2, 0.25) is 0 Å². The minimum absolute atomic E-state index is 0.0926. The zero-order valence-corrected chi connectivity index (χ0v) is 16.2. The first-order valence-corrected chi connectivity index (χ1v) is 9.86. The SMILES string of the molecule is [2H]C([2H])([2H])n1cc(-c2cnc3cnc(CC(=O)c4coc(C5CCNCC5)n4)cc3c2)cn1. The molecule has 30 heavy (non-hydrogen) atoms. The molecule has 0 aromatic carbocycles. The summed E-state index contributed by atoms with van der Waals surface area (Å²) in [5, 5.41) is 8.02. The van der Waals surface area contributed by atoms with Crippen molar-refractivity contribution >= 4 is 16.7 Å². The quantitative estimate of drug-likeness (QED) is 0.510. The van der Waals surface area contributed by atoms with Gasteiger partial charge in [0.1, 0.15) is 12.0 Å². The lowest BCUT2D eigenvalue weighted by molar-refractivity contribution is 0.0987. The molecule has 0 unspecified atom stereocenters. The van der Waals surface area contributed by atoms with Crippen molar-refractivity contribution in [1.29, 1.82) is 0 Å². The number of ketones is 1. The van der Waals surface area contributed by atoms with Crippen LogP contribution in [0, 0.1) is 0 Å². The lowest BCUT2D eigenvalue weighted by atomic mass is 9.98. The number of hydrogen-bond acceptors (Lipinski definition) is 7. The van der Waals surface area contributed by atoms with E-state index >= 15 is 0 Å². The fourth-order valence-corrected chi connectivity index (χ4v) is 3.73. The number of hydrogen-bond donors (Lipinski definition) is 1. The highest BCUT2D eigenvalue weighted by Gasteiger charge is 2.22. The highest BCUT2D eigenvalue weighted by atomic mass is 16.3. The predicted molar refractivity (Wildman–Crippen MR) is 111 cm³/mol. The van der Waals surface area contributed by atoms with Crippen molar-refractivity contribution in [2.45, 2.75) is 25.2 Å². The Morgan fingerprint density at radius 2 is 2.13 bits per heavy atom. The average molecular weight is 405 g/mol. The number of rotatable bonds is 5. The Bertz CT molecular complexity index is 1310. The van der Waals surface area contributed by atoms with Crippen LogP contribution in [0.1, 0.15) is 44.9 Å². The first kappa shape index (κ1) is 15.4. The van der Waals surface area contributed by atoms with E-state index in [2.05, 4.69) is 25.4 Å². The lowest BCUT2D eigenvalue weighted by Crippen LogP contribution is -2.26. The summed E-state index contributed by atoms with van der Waals surface area (Å²) in [4.78, 5) is 26.0. The molecule has 1 fully saturated rings. The van der Waals surface area contributed by atoms with Crippen molar-refractivity contribution in [2.75, 3.05) is 13.1 Å². The topological polar surface area (TPSA) is 98.7 Å². The molecule has 1 aliphatic heterocycles. The molecule has 4 aromatic rings. The number of Topliss-reactive ketones (excluding diaryl/α,β-unsaturated/α-hetero) is 1. The number of carbonyl (C=O) groups excluding carboxylic acids is 1. The predicted octanol–water partition coefficient (Wildman–Crippen LogP) is 2.91. The number of nitrogens with zero attached hydrogens (tertiary/aromatic N) is 5. The smallest absolute Gasteiger partial charge is 0.197 e. The first-order chi connectivity index (χ1) is 15.9. The maximum atomic E-state index is 12.8. The largest absolute Gasteiger partial charge is 0.448 e. The number of aryl methyl sites for hydroxylation is 1. The molecular formula is C22H22N6O2. The molecule has 1 saturated heterocycles. The lowest BCUT2D eigenvalue weighted by Gasteiger charge is -2.19. The van der Waals surface area contributed by atoms with Crippen molar-refractivity contribution in [3.05, 3.63) is 60.5 Å². The molecule has 4 aromatic heterocycles. The van der Waals surface area contributed by atoms with Crippen LogP contribution in [0.5, 0.6) is 0 Å². The van der Waals surface area contributed by atoms with Gasteiger partial charge in [-0.3, -0.25) is 19.4 Å². The van der Waals surface area contributed by atoms with Crippen LogP contribution < -0.4 is 5.32 Å². The molecule has 8 nitrogen and oxygen atoms in total. The standard InChI is InChI=1S/C22H22N6O2/c1-28-12-17(10-26-28)16-6-15-7-18(24-11-19(15)25-9-16)8-21(29)20-13-30-22(27-20)14-2-4-23-5-3-14/h6-7,9-14,23H,2-5,8H2,1H3/i1D3. The van der Waals surface area contributed by atoms with Gasteiger partial charge in [0.05, 0.1) is 24.3 Å². The maximum absolute atomic E-state index is 12.8. The van der Waals surface area contributed by atoms with Crippen molar-refractivity contribution < 1.29 is 13.3 Å². The van der Waals surface area contributed by atoms with Crippen LogP contribution in [0.15, 0.2) is 47.6 Å². The molecule has 0 amide bonds. The molecule has 0 atom stereocenters. The summed E-state index contributed by atoms with van der Waals surface area (Å²) in [6, 6.07) is 3.69. The highest BCUT2D eigenvalue weighted by molar-refractivity contribution is 5.95. The Balaban J connectivity index is 1.35. The van der Waals surface area contributed by atoms with Crippen LogP contribution in [0.2, 0.25) is 0 Å². The molecule has 0 radical (unpaired) electrons. The van der Waals surface area contributed by atoms with Gasteiger partial charge in [-0.1, -0.05) is 0 Å². The molecule has 1 N–H and O–H groups in total. The zero-order chi connectivity index (χ0) is 23.0. The van der Waals surface area contributed by atoms with Gasteiger partial charge >= 0.3 is 0 Å². The van der Waals surface area contributed by atoms with E-state index in [9.17, 15) is 4.79 Å². The Hall–Kier alpha value is -3.39. The van der Waals surface area contributed by atoms with Crippen molar-refractivity contribution in [2.24, 2.45) is 6.98 Å². The van der Waals surface area contributed by atoms with Crippen molar-refractivity contribution in [3.8, 4) is 11.1 Å². The Morgan fingerprint density at radius 1 is 1.23 bits per heavy atom. The molecule has 5 heterocycles. The fraction of sp³-hybridized carbons (Fsp3) is 0.318. The minimum Gasteiger partial charge on any atom is -0.448 e. The van der Waals surface area contributed by atoms with Crippen LogP contribution in [-0.4, -0.2) is 43.6 Å². The average Bonchev–Trinajstić information content (AvgIpc) is 3.49. The van der Waals surface area contributed by atoms with Gasteiger partial charge in [-0.15, -0.1) is 0 Å². The summed E-state index contributed by atoms with van der Waals surface area (Å²) in [6.45, 7) is -0.496. The number of carbonyl (C=O) groups is 1. The maximum Gasteiger partial charge on any atom is 0.197 e. The van der Waals surface area contributed by atoms with E-state index < -0.39 is 6.98 Å². The number of aromatic nitrogens is 5. The van der Waals surface area contributed by atoms with Gasteiger partial charge in [-0.2, -0.15) is 5.10 Å². The van der Waals surface area contributed by atoms with Crippen LogP contribution >= 0.6 is 0 Å². The molecule has 8 heteroatoms. The Kier molecular flexibility index (Phi) is 4.01. The number of oxazole rings is 1. The monoisotopic (exact) mass is 405 g/mol. The normalized spacial score (nSPS) is 16.9. The van der Waals surface area contributed by atoms with E-state index in [0.29, 0.717) is 28.4 Å². The molecule has 0 saturated carbocycles. The summed E-state index contributed by atoms with van der Waals surface area (Å²) >= 11 is 0. The second-order valence-corrected chi connectivity index (χ2v) is 7.46. The Labute approximate surface area is 177 Å². The second-order valence-electron chi connectivity index (χ2n) is 7.46. The highest BCUT2D eigenvalue weighted by Crippen LogP contribution is 2.25. The number of nitrogens with one attached hydrogen (secondary N) is 1. The third-order valence-corrected chi connectivity index (χ3v) is 5.38. The molecule has 152 valence electrons. The van der Waals surface area contributed by atoms with Gasteiger partial charge in [0.25, 0.3) is 0 Å². The molecule has 1 aliphatic rings. The number of fused-ring (bicyclic) bond motifs is 1. The van der Waals surface area contributed by atoms with E-state index in [1.54, 1.807) is 12.4 Å². The van der Waals surface area contributed by atoms with Gasteiger partial charge in [0.15, 0.2) is 11.7 Å². The van der Waals surface area contributed by atoms with Gasteiger partial charge in [-0.05, 0) is 38.1 Å². The number of piperidine rings is 1. The van der Waals surface area contributed by atoms with Crippen LogP contribution in [0.25, 0.3) is 22.0 Å². The molecule has 0 aliphatic carbocycles. The summed E-state index contributed by atoms with van der Waals surface area (Å²) in [7, 11) is 0. The second kappa shape index (κ2) is 7.79. The van der Waals surface area contributed by atoms with Crippen LogP contribution in [0.3, 0.4) is 0 Å². The molecule has 0 bridgehead atoms. The van der Waals surface area contributed by atoms with Gasteiger partial charge < -0.3 is 9.73 Å². The minimum atomic E-state index is -2.34. The van der Waals surface area contributed by atoms with Gasteiger partial charge in [-0.25, -0.2) is 4.98 Å². The van der Waals surface area contributed by atoms with Gasteiger partial charge in [0, 0.05) is 51.6 Å². The van der Waals surface area contributed by atoms with E-state index in [4.69, 9.17) is 8.53 Å². The molecule has 0 spiro atoms. The van der Waals surface area contributed by atoms with E-state index in [1.807, 2.05) is 12.1 Å². The van der Waals surface area contributed by atoms with Crippen LogP contribution in [0.4, 0.5) is 0 Å². The van der Waals surface area contributed by atoms with Crippen LogP contribution in [-0.2, 0) is 13.4 Å². The zero-order valence-electron chi connectivity index (χ0n) is 19.2.